The summed E-state index contributed by atoms with van der Waals surface area (Å²) in [7, 11) is -3.67. The molecule has 0 radical (unpaired) electrons. The molecule has 1 fully saturated rings. The van der Waals surface area contributed by atoms with E-state index in [2.05, 4.69) is 15.9 Å². The van der Waals surface area contributed by atoms with Crippen LogP contribution in [0.2, 0.25) is 0 Å². The van der Waals surface area contributed by atoms with Gasteiger partial charge in [-0.05, 0) is 37.6 Å². The van der Waals surface area contributed by atoms with E-state index >= 15 is 0 Å². The van der Waals surface area contributed by atoms with Crippen LogP contribution in [0.5, 0.6) is 0 Å². The fourth-order valence-electron chi connectivity index (χ4n) is 3.09. The first-order valence-corrected chi connectivity index (χ1v) is 12.1. The molecule has 2 aromatic carbocycles. The summed E-state index contributed by atoms with van der Waals surface area (Å²) < 4.78 is 39.3. The summed E-state index contributed by atoms with van der Waals surface area (Å²) in [5, 5.41) is 0.710. The largest absolute Gasteiger partial charge is 0.342 e. The maximum absolute atomic E-state index is 13.3. The Kier molecular flexibility index (Phi) is 7.04. The van der Waals surface area contributed by atoms with Crippen LogP contribution in [0.3, 0.4) is 0 Å². The van der Waals surface area contributed by atoms with Gasteiger partial charge in [-0.3, -0.25) is 4.31 Å². The average molecular weight is 489 g/mol. The van der Waals surface area contributed by atoms with Gasteiger partial charge in [0.25, 0.3) is 10.0 Å². The molecule has 1 aliphatic heterocycles. The van der Waals surface area contributed by atoms with Crippen molar-refractivity contribution in [3.05, 3.63) is 59.7 Å². The molecule has 28 heavy (non-hydrogen) atoms. The maximum Gasteiger partial charge on any atom is 0.264 e. The van der Waals surface area contributed by atoms with Gasteiger partial charge in [-0.1, -0.05) is 45.8 Å². The number of hydrogen-bond acceptors (Lipinski definition) is 4. The van der Waals surface area contributed by atoms with Crippen molar-refractivity contribution < 1.29 is 17.9 Å². The maximum atomic E-state index is 13.3. The lowest BCUT2D eigenvalue weighted by Gasteiger charge is -2.27. The summed E-state index contributed by atoms with van der Waals surface area (Å²) in [5.41, 5.74) is 2.38. The Morgan fingerprint density at radius 3 is 2.21 bits per heavy atom. The molecule has 0 amide bonds. The molecule has 0 aromatic heterocycles. The van der Waals surface area contributed by atoms with E-state index in [1.54, 1.807) is 36.4 Å². The van der Waals surface area contributed by atoms with Gasteiger partial charge in [0.05, 0.1) is 29.7 Å². The molecule has 1 aliphatic rings. The quantitative estimate of drug-likeness (QED) is 0.516. The molecule has 3 rings (SSSR count). The first-order valence-electron chi connectivity index (χ1n) is 9.03. The van der Waals surface area contributed by atoms with Crippen molar-refractivity contribution in [2.75, 3.05) is 35.3 Å². The van der Waals surface area contributed by atoms with Gasteiger partial charge in [0, 0.05) is 17.4 Å². The van der Waals surface area contributed by atoms with Crippen molar-refractivity contribution in [3.63, 3.8) is 0 Å². The molecular weight excluding hydrogens is 466 g/mol. The van der Waals surface area contributed by atoms with Crippen molar-refractivity contribution in [1.82, 2.24) is 0 Å². The van der Waals surface area contributed by atoms with Gasteiger partial charge in [0.15, 0.2) is 0 Å². The summed E-state index contributed by atoms with van der Waals surface area (Å²) in [6.07, 6.45) is 0.685. The molecule has 0 saturated carbocycles. The van der Waals surface area contributed by atoms with Crippen LogP contribution in [0.15, 0.2) is 53.4 Å². The van der Waals surface area contributed by atoms with E-state index < -0.39 is 15.8 Å². The van der Waals surface area contributed by atoms with Crippen LogP contribution in [-0.2, 0) is 25.3 Å². The van der Waals surface area contributed by atoms with E-state index in [1.807, 2.05) is 19.1 Å². The van der Waals surface area contributed by atoms with Gasteiger partial charge < -0.3 is 9.47 Å². The van der Waals surface area contributed by atoms with E-state index in [0.29, 0.717) is 37.2 Å². The Balaban J connectivity index is 1.94. The highest BCUT2D eigenvalue weighted by Crippen LogP contribution is 2.34. The first kappa shape index (κ1) is 21.6. The van der Waals surface area contributed by atoms with Crippen LogP contribution in [-0.4, -0.2) is 39.4 Å². The number of benzene rings is 2. The summed E-state index contributed by atoms with van der Waals surface area (Å²) in [6, 6.07) is 14.1. The number of nitrogens with zero attached hydrogens (tertiary/aromatic N) is 1. The number of hydrogen-bond donors (Lipinski definition) is 0. The third-order valence-corrected chi connectivity index (χ3v) is 7.38. The minimum Gasteiger partial charge on any atom is -0.342 e. The number of aryl methyl sites for hydroxylation is 1. The molecule has 8 heteroatoms. The molecule has 0 aliphatic carbocycles. The molecule has 1 saturated heterocycles. The predicted octanol–water partition coefficient (Wildman–Crippen LogP) is 4.41. The van der Waals surface area contributed by atoms with Crippen molar-refractivity contribution in [3.8, 4) is 0 Å². The van der Waals surface area contributed by atoms with E-state index in [9.17, 15) is 8.42 Å². The third kappa shape index (κ3) is 4.39. The van der Waals surface area contributed by atoms with Crippen LogP contribution in [0.1, 0.15) is 17.5 Å². The van der Waals surface area contributed by atoms with Crippen LogP contribution >= 0.6 is 27.5 Å². The van der Waals surface area contributed by atoms with Gasteiger partial charge in [0.2, 0.25) is 5.79 Å². The smallest absolute Gasteiger partial charge is 0.264 e. The summed E-state index contributed by atoms with van der Waals surface area (Å²) >= 11 is 9.46. The summed E-state index contributed by atoms with van der Waals surface area (Å²) in [5.74, 6) is -0.794. The standard InChI is InChI=1S/C20H23BrClNO4S/c1-16-3-9-19(10-4-16)28(24,25)23(12-2-11-21)18-7-5-17(6-8-18)20(15-22)26-13-14-27-20/h3-10H,2,11-15H2,1H3. The molecule has 2 aromatic rings. The fourth-order valence-corrected chi connectivity index (χ4v) is 5.15. The SMILES string of the molecule is Cc1ccc(S(=O)(=O)N(CCCBr)c2ccc(C3(CCl)OCCO3)cc2)cc1. The molecule has 0 unspecified atom stereocenters. The molecule has 0 bridgehead atoms. The lowest BCUT2D eigenvalue weighted by molar-refractivity contribution is -0.146. The summed E-state index contributed by atoms with van der Waals surface area (Å²) in [4.78, 5) is 0.274. The molecule has 1 heterocycles. The van der Waals surface area contributed by atoms with Gasteiger partial charge in [0.1, 0.15) is 0 Å². The number of halogens is 2. The van der Waals surface area contributed by atoms with Gasteiger partial charge >= 0.3 is 0 Å². The van der Waals surface area contributed by atoms with Gasteiger partial charge in [-0.2, -0.15) is 0 Å². The number of alkyl halides is 2. The Bertz CT molecular complexity index is 881. The molecular formula is C20H23BrClNO4S. The highest BCUT2D eigenvalue weighted by molar-refractivity contribution is 9.09. The normalized spacial score (nSPS) is 16.2. The van der Waals surface area contributed by atoms with E-state index in [1.165, 1.54) is 4.31 Å². The molecule has 152 valence electrons. The van der Waals surface area contributed by atoms with Crippen molar-refractivity contribution in [2.45, 2.75) is 24.0 Å². The highest BCUT2D eigenvalue weighted by atomic mass is 79.9. The molecule has 0 spiro atoms. The lowest BCUT2D eigenvalue weighted by Crippen LogP contribution is -2.33. The lowest BCUT2D eigenvalue weighted by atomic mass is 10.1. The minimum atomic E-state index is -3.67. The zero-order valence-electron chi connectivity index (χ0n) is 15.6. The zero-order chi connectivity index (χ0) is 20.2. The summed E-state index contributed by atoms with van der Waals surface area (Å²) in [6.45, 7) is 3.26. The Labute approximate surface area is 179 Å². The van der Waals surface area contributed by atoms with E-state index in [4.69, 9.17) is 21.1 Å². The van der Waals surface area contributed by atoms with E-state index in [-0.39, 0.29) is 10.8 Å². The van der Waals surface area contributed by atoms with Crippen LogP contribution < -0.4 is 4.31 Å². The Morgan fingerprint density at radius 1 is 1.07 bits per heavy atom. The topological polar surface area (TPSA) is 55.8 Å². The monoisotopic (exact) mass is 487 g/mol. The number of sulfonamides is 1. The molecule has 0 N–H and O–H groups in total. The zero-order valence-corrected chi connectivity index (χ0v) is 18.8. The van der Waals surface area contributed by atoms with Crippen LogP contribution in [0.25, 0.3) is 0 Å². The molecule has 0 atom stereocenters. The van der Waals surface area contributed by atoms with Gasteiger partial charge in [-0.15, -0.1) is 11.6 Å². The Morgan fingerprint density at radius 2 is 1.68 bits per heavy atom. The van der Waals surface area contributed by atoms with Crippen LogP contribution in [0.4, 0.5) is 5.69 Å². The number of anilines is 1. The van der Waals surface area contributed by atoms with E-state index in [0.717, 1.165) is 11.1 Å². The third-order valence-electron chi connectivity index (χ3n) is 4.63. The number of ether oxygens (including phenoxy) is 2. The Hall–Kier alpha value is -1.12. The van der Waals surface area contributed by atoms with Crippen LogP contribution in [0, 0.1) is 6.92 Å². The second-order valence-corrected chi connectivity index (χ2v) is 9.49. The average Bonchev–Trinajstić information content (AvgIpc) is 3.19. The first-order chi connectivity index (χ1) is 13.4. The fraction of sp³-hybridized carbons (Fsp3) is 0.400. The van der Waals surface area contributed by atoms with Crippen molar-refractivity contribution in [1.29, 1.82) is 0 Å². The number of rotatable bonds is 8. The minimum absolute atomic E-state index is 0.168. The predicted molar refractivity (Wildman–Crippen MR) is 115 cm³/mol. The second kappa shape index (κ2) is 9.13. The highest BCUT2D eigenvalue weighted by Gasteiger charge is 2.38. The molecule has 5 nitrogen and oxygen atoms in total. The van der Waals surface area contributed by atoms with Crippen molar-refractivity contribution in [2.24, 2.45) is 0 Å². The second-order valence-electron chi connectivity index (χ2n) is 6.56. The van der Waals surface area contributed by atoms with Gasteiger partial charge in [-0.25, -0.2) is 8.42 Å². The van der Waals surface area contributed by atoms with Crippen molar-refractivity contribution >= 4 is 43.2 Å².